The summed E-state index contributed by atoms with van der Waals surface area (Å²) in [7, 11) is 1.60. The molecular formula is C15H18F2N2O3. The van der Waals surface area contributed by atoms with E-state index < -0.39 is 30.2 Å². The van der Waals surface area contributed by atoms with Gasteiger partial charge in [0, 0.05) is 32.1 Å². The van der Waals surface area contributed by atoms with Gasteiger partial charge in [0.05, 0.1) is 18.2 Å². The third-order valence-corrected chi connectivity index (χ3v) is 4.58. The Labute approximate surface area is 126 Å². The molecular weight excluding hydrogens is 294 g/mol. The van der Waals surface area contributed by atoms with Gasteiger partial charge in [-0.2, -0.15) is 0 Å². The van der Waals surface area contributed by atoms with Crippen LogP contribution < -0.4 is 0 Å². The lowest BCUT2D eigenvalue weighted by Gasteiger charge is -2.42. The van der Waals surface area contributed by atoms with Gasteiger partial charge >= 0.3 is 0 Å². The van der Waals surface area contributed by atoms with Gasteiger partial charge in [-0.05, 0) is 19.4 Å². The number of halogens is 2. The first kappa shape index (κ1) is 15.0. The van der Waals surface area contributed by atoms with Gasteiger partial charge in [0.15, 0.2) is 5.76 Å². The number of carbonyl (C=O) groups excluding carboxylic acids is 2. The summed E-state index contributed by atoms with van der Waals surface area (Å²) >= 11 is 0. The molecule has 120 valence electrons. The molecule has 0 aromatic carbocycles. The van der Waals surface area contributed by atoms with Gasteiger partial charge in [-0.15, -0.1) is 0 Å². The van der Waals surface area contributed by atoms with E-state index in [1.807, 2.05) is 0 Å². The average Bonchev–Trinajstić information content (AvgIpc) is 2.96. The summed E-state index contributed by atoms with van der Waals surface area (Å²) in [6, 6.07) is 1.61. The van der Waals surface area contributed by atoms with Crippen LogP contribution in [0.1, 0.15) is 29.0 Å². The second kappa shape index (κ2) is 4.79. The summed E-state index contributed by atoms with van der Waals surface area (Å²) in [5, 5.41) is 0. The molecule has 2 saturated heterocycles. The number of carbonyl (C=O) groups is 2. The number of hydrogen-bond acceptors (Lipinski definition) is 3. The Morgan fingerprint density at radius 2 is 2.09 bits per heavy atom. The molecule has 5 nitrogen and oxygen atoms in total. The zero-order valence-corrected chi connectivity index (χ0v) is 12.6. The summed E-state index contributed by atoms with van der Waals surface area (Å²) in [4.78, 5) is 27.3. The van der Waals surface area contributed by atoms with Crippen molar-refractivity contribution >= 4 is 11.8 Å². The van der Waals surface area contributed by atoms with Crippen LogP contribution >= 0.6 is 0 Å². The van der Waals surface area contributed by atoms with Crippen LogP contribution in [-0.4, -0.2) is 54.2 Å². The molecule has 3 heterocycles. The SMILES string of the molecule is Cc1ccoc1C(=O)N1CC(F)(F)C[C@]2(CCN(C)C2=O)C1. The van der Waals surface area contributed by atoms with Crippen LogP contribution in [0.15, 0.2) is 16.7 Å². The summed E-state index contributed by atoms with van der Waals surface area (Å²) in [5.74, 6) is -3.90. The van der Waals surface area contributed by atoms with Crippen LogP contribution in [0, 0.1) is 12.3 Å². The van der Waals surface area contributed by atoms with Crippen molar-refractivity contribution in [1.82, 2.24) is 9.80 Å². The predicted molar refractivity (Wildman–Crippen MR) is 73.6 cm³/mol. The van der Waals surface area contributed by atoms with Crippen molar-refractivity contribution in [2.75, 3.05) is 26.7 Å². The minimum Gasteiger partial charge on any atom is -0.459 e. The normalized spacial score (nSPS) is 27.7. The lowest BCUT2D eigenvalue weighted by atomic mass is 9.77. The van der Waals surface area contributed by atoms with Crippen molar-refractivity contribution in [3.05, 3.63) is 23.7 Å². The molecule has 1 spiro atoms. The quantitative estimate of drug-likeness (QED) is 0.796. The molecule has 2 fully saturated rings. The number of furan rings is 1. The topological polar surface area (TPSA) is 53.8 Å². The molecule has 1 aromatic rings. The molecule has 0 radical (unpaired) electrons. The monoisotopic (exact) mass is 312 g/mol. The van der Waals surface area contributed by atoms with Crippen LogP contribution in [-0.2, 0) is 4.79 Å². The van der Waals surface area contributed by atoms with Crippen LogP contribution in [0.2, 0.25) is 0 Å². The Balaban J connectivity index is 1.91. The number of rotatable bonds is 1. The Hall–Kier alpha value is -1.92. The predicted octanol–water partition coefficient (Wildman–Crippen LogP) is 1.92. The number of alkyl halides is 2. The highest BCUT2D eigenvalue weighted by Gasteiger charge is 2.57. The summed E-state index contributed by atoms with van der Waals surface area (Å²) < 4.78 is 33.4. The number of nitrogens with zero attached hydrogens (tertiary/aromatic N) is 2. The first-order valence-electron chi connectivity index (χ1n) is 7.21. The zero-order valence-electron chi connectivity index (χ0n) is 12.6. The van der Waals surface area contributed by atoms with E-state index in [1.54, 1.807) is 20.0 Å². The van der Waals surface area contributed by atoms with E-state index in [2.05, 4.69) is 0 Å². The van der Waals surface area contributed by atoms with Crippen LogP contribution in [0.4, 0.5) is 8.78 Å². The van der Waals surface area contributed by atoms with Gasteiger partial charge < -0.3 is 14.2 Å². The first-order chi connectivity index (χ1) is 10.2. The Kier molecular flexibility index (Phi) is 3.27. The standard InChI is InChI=1S/C15H18F2N2O3/c1-10-3-6-22-11(10)12(20)19-8-14(7-15(16,17)9-19)4-5-18(2)13(14)21/h3,6H,4-5,7-9H2,1-2H3/t14-/m1/s1. The van der Waals surface area contributed by atoms with E-state index in [1.165, 1.54) is 11.2 Å². The van der Waals surface area contributed by atoms with Crippen molar-refractivity contribution in [1.29, 1.82) is 0 Å². The van der Waals surface area contributed by atoms with Gasteiger partial charge in [0.1, 0.15) is 0 Å². The maximum atomic E-state index is 14.2. The summed E-state index contributed by atoms with van der Waals surface area (Å²) in [6.07, 6.45) is 1.21. The van der Waals surface area contributed by atoms with Crippen molar-refractivity contribution < 1.29 is 22.8 Å². The second-order valence-corrected chi connectivity index (χ2v) is 6.38. The maximum absolute atomic E-state index is 14.2. The molecule has 2 aliphatic heterocycles. The van der Waals surface area contributed by atoms with Crippen molar-refractivity contribution in [3.8, 4) is 0 Å². The van der Waals surface area contributed by atoms with Crippen LogP contribution in [0.3, 0.4) is 0 Å². The van der Waals surface area contributed by atoms with Crippen molar-refractivity contribution in [3.63, 3.8) is 0 Å². The van der Waals surface area contributed by atoms with Gasteiger partial charge in [0.2, 0.25) is 5.91 Å². The third-order valence-electron chi connectivity index (χ3n) is 4.58. The molecule has 1 aromatic heterocycles. The van der Waals surface area contributed by atoms with Crippen molar-refractivity contribution in [2.24, 2.45) is 5.41 Å². The molecule has 2 amide bonds. The van der Waals surface area contributed by atoms with Crippen molar-refractivity contribution in [2.45, 2.75) is 25.7 Å². The van der Waals surface area contributed by atoms with E-state index in [9.17, 15) is 18.4 Å². The molecule has 0 saturated carbocycles. The van der Waals surface area contributed by atoms with E-state index in [-0.39, 0.29) is 18.2 Å². The summed E-state index contributed by atoms with van der Waals surface area (Å²) in [5.41, 5.74) is -0.574. The Bertz CT molecular complexity index is 628. The lowest BCUT2D eigenvalue weighted by molar-refractivity contribution is -0.150. The highest BCUT2D eigenvalue weighted by Crippen LogP contribution is 2.45. The van der Waals surface area contributed by atoms with Crippen LogP contribution in [0.5, 0.6) is 0 Å². The largest absolute Gasteiger partial charge is 0.459 e. The molecule has 0 N–H and O–H groups in total. The first-order valence-corrected chi connectivity index (χ1v) is 7.21. The fourth-order valence-electron chi connectivity index (χ4n) is 3.49. The third kappa shape index (κ3) is 2.28. The molecule has 1 atom stereocenters. The van der Waals surface area contributed by atoms with Gasteiger partial charge in [-0.25, -0.2) is 8.78 Å². The van der Waals surface area contributed by atoms with E-state index in [0.29, 0.717) is 18.5 Å². The average molecular weight is 312 g/mol. The molecule has 3 rings (SSSR count). The number of piperidine rings is 1. The second-order valence-electron chi connectivity index (χ2n) is 6.38. The molecule has 22 heavy (non-hydrogen) atoms. The minimum absolute atomic E-state index is 0.0186. The van der Waals surface area contributed by atoms with Gasteiger partial charge in [-0.3, -0.25) is 9.59 Å². The molecule has 0 bridgehead atoms. The number of likely N-dealkylation sites (tertiary alicyclic amines) is 2. The molecule has 0 unspecified atom stereocenters. The van der Waals surface area contributed by atoms with Gasteiger partial charge in [-0.1, -0.05) is 0 Å². The van der Waals surface area contributed by atoms with Gasteiger partial charge in [0.25, 0.3) is 11.8 Å². The fourth-order valence-corrected chi connectivity index (χ4v) is 3.49. The molecule has 7 heteroatoms. The Morgan fingerprint density at radius 3 is 2.64 bits per heavy atom. The molecule has 0 aliphatic carbocycles. The molecule has 2 aliphatic rings. The van der Waals surface area contributed by atoms with E-state index in [4.69, 9.17) is 4.42 Å². The van der Waals surface area contributed by atoms with Crippen LogP contribution in [0.25, 0.3) is 0 Å². The minimum atomic E-state index is -3.07. The smallest absolute Gasteiger partial charge is 0.290 e. The lowest BCUT2D eigenvalue weighted by Crippen LogP contribution is -2.57. The number of hydrogen-bond donors (Lipinski definition) is 0. The highest BCUT2D eigenvalue weighted by molar-refractivity contribution is 5.94. The number of aryl methyl sites for hydroxylation is 1. The maximum Gasteiger partial charge on any atom is 0.290 e. The van der Waals surface area contributed by atoms with E-state index in [0.717, 1.165) is 4.90 Å². The van der Waals surface area contributed by atoms with E-state index >= 15 is 0 Å². The fraction of sp³-hybridized carbons (Fsp3) is 0.600. The number of amides is 2. The Morgan fingerprint density at radius 1 is 1.36 bits per heavy atom. The zero-order chi connectivity index (χ0) is 16.1. The highest BCUT2D eigenvalue weighted by atomic mass is 19.3. The summed E-state index contributed by atoms with van der Waals surface area (Å²) in [6.45, 7) is 1.47.